The molecule has 0 bridgehead atoms. The Bertz CT molecular complexity index is 202. The Kier molecular flexibility index (Phi) is 6.12. The van der Waals surface area contributed by atoms with Crippen LogP contribution >= 0.6 is 0 Å². The topological polar surface area (TPSA) is 47.4 Å². The van der Waals surface area contributed by atoms with Gasteiger partial charge in [-0.25, -0.2) is 0 Å². The predicted octanol–water partition coefficient (Wildman–Crippen LogP) is 0.826. The number of hydrogen-bond acceptors (Lipinski definition) is 3. The van der Waals surface area contributed by atoms with Crippen LogP contribution in [0.1, 0.15) is 20.3 Å². The van der Waals surface area contributed by atoms with E-state index in [1.807, 2.05) is 32.8 Å². The molecule has 0 aliphatic carbocycles. The zero-order chi connectivity index (χ0) is 11.1. The smallest absolute Gasteiger partial charge is 0.267 e. The Labute approximate surface area is 86.4 Å². The minimum absolute atomic E-state index is 0.128. The van der Waals surface area contributed by atoms with E-state index in [0.717, 1.165) is 6.54 Å². The Morgan fingerprint density at radius 1 is 1.21 bits per heavy atom. The van der Waals surface area contributed by atoms with Crippen molar-refractivity contribution in [2.24, 2.45) is 0 Å². The summed E-state index contributed by atoms with van der Waals surface area (Å²) in [7, 11) is 3.95. The number of hydrogen-bond donors (Lipinski definition) is 1. The molecular weight excluding hydrogens is 178 g/mol. The predicted molar refractivity (Wildman–Crippen MR) is 58.8 cm³/mol. The van der Waals surface area contributed by atoms with Crippen LogP contribution in [0.15, 0.2) is 0 Å². The van der Waals surface area contributed by atoms with E-state index in [9.17, 15) is 4.79 Å². The quantitative estimate of drug-likeness (QED) is 0.644. The minimum Gasteiger partial charge on any atom is -0.337 e. The molecule has 0 aromatic heterocycles. The van der Waals surface area contributed by atoms with Crippen LogP contribution in [-0.2, 0) is 4.79 Å². The summed E-state index contributed by atoms with van der Waals surface area (Å²) in [5.74, 6) is -0.128. The van der Waals surface area contributed by atoms with E-state index >= 15 is 0 Å². The molecule has 82 valence electrons. The summed E-state index contributed by atoms with van der Waals surface area (Å²) in [6.07, 6.45) is 0.511. The second-order valence-corrected chi connectivity index (χ2v) is 3.52. The van der Waals surface area contributed by atoms with E-state index in [4.69, 9.17) is 5.41 Å². The van der Waals surface area contributed by atoms with Gasteiger partial charge in [-0.05, 0) is 27.4 Å². The third kappa shape index (κ3) is 4.37. The molecule has 0 spiro atoms. The Hall–Kier alpha value is -0.900. The molecule has 0 unspecified atom stereocenters. The van der Waals surface area contributed by atoms with Crippen molar-refractivity contribution in [1.82, 2.24) is 9.80 Å². The van der Waals surface area contributed by atoms with Gasteiger partial charge in [-0.3, -0.25) is 10.2 Å². The zero-order valence-electron chi connectivity index (χ0n) is 9.63. The monoisotopic (exact) mass is 199 g/mol. The van der Waals surface area contributed by atoms with Crippen LogP contribution in [0.2, 0.25) is 0 Å². The van der Waals surface area contributed by atoms with Gasteiger partial charge in [-0.1, -0.05) is 6.92 Å². The number of carbonyl (C=O) groups is 1. The van der Waals surface area contributed by atoms with Gasteiger partial charge >= 0.3 is 0 Å². The molecule has 0 rings (SSSR count). The molecule has 1 amide bonds. The first-order chi connectivity index (χ1) is 6.52. The molecular formula is C10H21N3O. The van der Waals surface area contributed by atoms with Crippen molar-refractivity contribution in [2.75, 3.05) is 33.7 Å². The van der Waals surface area contributed by atoms with Crippen LogP contribution < -0.4 is 0 Å². The minimum atomic E-state index is -0.128. The molecule has 0 heterocycles. The summed E-state index contributed by atoms with van der Waals surface area (Å²) in [5, 5.41) is 7.46. The van der Waals surface area contributed by atoms with Crippen molar-refractivity contribution in [1.29, 1.82) is 5.41 Å². The highest BCUT2D eigenvalue weighted by atomic mass is 16.2. The maximum Gasteiger partial charge on any atom is 0.267 e. The van der Waals surface area contributed by atoms with E-state index in [1.54, 1.807) is 4.90 Å². The van der Waals surface area contributed by atoms with Crippen molar-refractivity contribution < 1.29 is 4.79 Å². The molecule has 0 fully saturated rings. The molecule has 0 aromatic rings. The summed E-state index contributed by atoms with van der Waals surface area (Å²) >= 11 is 0. The summed E-state index contributed by atoms with van der Waals surface area (Å²) < 4.78 is 0. The fourth-order valence-corrected chi connectivity index (χ4v) is 1.07. The van der Waals surface area contributed by atoms with E-state index < -0.39 is 0 Å². The summed E-state index contributed by atoms with van der Waals surface area (Å²) in [5.41, 5.74) is 0.200. The normalized spacial score (nSPS) is 10.4. The second-order valence-electron chi connectivity index (χ2n) is 3.52. The SMILES string of the molecule is CCC(=N)C(=O)N(CC)CCN(C)C. The van der Waals surface area contributed by atoms with Gasteiger partial charge < -0.3 is 9.80 Å². The number of rotatable bonds is 6. The largest absolute Gasteiger partial charge is 0.337 e. The average molecular weight is 199 g/mol. The van der Waals surface area contributed by atoms with E-state index in [1.165, 1.54) is 0 Å². The van der Waals surface area contributed by atoms with Gasteiger partial charge in [-0.15, -0.1) is 0 Å². The van der Waals surface area contributed by atoms with E-state index in [-0.39, 0.29) is 11.6 Å². The second kappa shape index (κ2) is 6.54. The van der Waals surface area contributed by atoms with Crippen LogP contribution in [0.4, 0.5) is 0 Å². The van der Waals surface area contributed by atoms with Gasteiger partial charge in [0, 0.05) is 19.6 Å². The molecule has 0 saturated heterocycles. The number of amides is 1. The van der Waals surface area contributed by atoms with Crippen LogP contribution in [0.3, 0.4) is 0 Å². The third-order valence-corrected chi connectivity index (χ3v) is 2.10. The Morgan fingerprint density at radius 3 is 2.14 bits per heavy atom. The maximum absolute atomic E-state index is 11.6. The number of nitrogens with zero attached hydrogens (tertiary/aromatic N) is 2. The molecule has 0 atom stereocenters. The highest BCUT2D eigenvalue weighted by Gasteiger charge is 2.14. The zero-order valence-corrected chi connectivity index (χ0v) is 9.63. The summed E-state index contributed by atoms with van der Waals surface area (Å²) in [6, 6.07) is 0. The van der Waals surface area contributed by atoms with Crippen LogP contribution in [0, 0.1) is 5.41 Å². The molecule has 0 aliphatic heterocycles. The van der Waals surface area contributed by atoms with Gasteiger partial charge in [0.2, 0.25) is 0 Å². The lowest BCUT2D eigenvalue weighted by atomic mass is 10.2. The lowest BCUT2D eigenvalue weighted by Crippen LogP contribution is -2.40. The van der Waals surface area contributed by atoms with Crippen molar-refractivity contribution in [3.8, 4) is 0 Å². The number of likely N-dealkylation sites (N-methyl/N-ethyl adjacent to an activating group) is 2. The summed E-state index contributed by atoms with van der Waals surface area (Å²) in [6.45, 7) is 5.99. The molecule has 0 radical (unpaired) electrons. The van der Waals surface area contributed by atoms with Crippen molar-refractivity contribution in [2.45, 2.75) is 20.3 Å². The first-order valence-electron chi connectivity index (χ1n) is 5.04. The molecule has 0 saturated carbocycles. The first-order valence-corrected chi connectivity index (χ1v) is 5.04. The Morgan fingerprint density at radius 2 is 1.79 bits per heavy atom. The van der Waals surface area contributed by atoms with E-state index in [2.05, 4.69) is 0 Å². The van der Waals surface area contributed by atoms with Gasteiger partial charge in [0.15, 0.2) is 0 Å². The van der Waals surface area contributed by atoms with Gasteiger partial charge in [-0.2, -0.15) is 0 Å². The molecule has 4 heteroatoms. The van der Waals surface area contributed by atoms with Crippen LogP contribution in [0.25, 0.3) is 0 Å². The van der Waals surface area contributed by atoms with Gasteiger partial charge in [0.05, 0.1) is 5.71 Å². The van der Waals surface area contributed by atoms with Crippen molar-refractivity contribution >= 4 is 11.6 Å². The molecule has 1 N–H and O–H groups in total. The van der Waals surface area contributed by atoms with Crippen molar-refractivity contribution in [3.63, 3.8) is 0 Å². The third-order valence-electron chi connectivity index (χ3n) is 2.10. The molecule has 0 aromatic carbocycles. The number of carbonyl (C=O) groups excluding carboxylic acids is 1. The maximum atomic E-state index is 11.6. The average Bonchev–Trinajstić information content (AvgIpc) is 2.16. The van der Waals surface area contributed by atoms with Gasteiger partial charge in [0.25, 0.3) is 5.91 Å². The number of nitrogens with one attached hydrogen (secondary N) is 1. The summed E-state index contributed by atoms with van der Waals surface area (Å²) in [4.78, 5) is 15.3. The molecule has 14 heavy (non-hydrogen) atoms. The van der Waals surface area contributed by atoms with Gasteiger partial charge in [0.1, 0.15) is 0 Å². The lowest BCUT2D eigenvalue weighted by molar-refractivity contribution is -0.124. The van der Waals surface area contributed by atoms with Crippen molar-refractivity contribution in [3.05, 3.63) is 0 Å². The fourth-order valence-electron chi connectivity index (χ4n) is 1.07. The highest BCUT2D eigenvalue weighted by Crippen LogP contribution is 1.94. The van der Waals surface area contributed by atoms with Crippen LogP contribution in [-0.4, -0.2) is 55.1 Å². The first kappa shape index (κ1) is 13.1. The molecule has 4 nitrogen and oxygen atoms in total. The van der Waals surface area contributed by atoms with Crippen LogP contribution in [0.5, 0.6) is 0 Å². The fraction of sp³-hybridized carbons (Fsp3) is 0.800. The highest BCUT2D eigenvalue weighted by molar-refractivity contribution is 6.37. The standard InChI is InChI=1S/C10H21N3O/c1-5-9(11)10(14)13(6-2)8-7-12(3)4/h11H,5-8H2,1-4H3. The van der Waals surface area contributed by atoms with E-state index in [0.29, 0.717) is 19.5 Å². The Balaban J connectivity index is 4.12. The lowest BCUT2D eigenvalue weighted by Gasteiger charge is -2.22. The molecule has 0 aliphatic rings.